The lowest BCUT2D eigenvalue weighted by Crippen LogP contribution is -2.33. The highest BCUT2D eigenvalue weighted by Gasteiger charge is 2.32. The molecule has 1 aliphatic rings. The monoisotopic (exact) mass is 342 g/mol. The quantitative estimate of drug-likeness (QED) is 0.765. The summed E-state index contributed by atoms with van der Waals surface area (Å²) in [7, 11) is 0. The number of unbranched alkanes of at least 4 members (excludes halogenated alkanes) is 3. The molecular formula is C18H28ClFN2O. The van der Waals surface area contributed by atoms with Crippen molar-refractivity contribution in [2.75, 3.05) is 13.1 Å². The first kappa shape index (κ1) is 19.9. The maximum Gasteiger partial charge on any atom is 0.222 e. The van der Waals surface area contributed by atoms with Gasteiger partial charge in [0.25, 0.3) is 0 Å². The average molecular weight is 343 g/mol. The van der Waals surface area contributed by atoms with Crippen molar-refractivity contribution >= 4 is 18.3 Å². The molecule has 23 heavy (non-hydrogen) atoms. The van der Waals surface area contributed by atoms with Crippen LogP contribution in [0.25, 0.3) is 0 Å². The highest BCUT2D eigenvalue weighted by atomic mass is 35.5. The van der Waals surface area contributed by atoms with Gasteiger partial charge in [-0.1, -0.05) is 25.0 Å². The van der Waals surface area contributed by atoms with Crippen molar-refractivity contribution in [3.8, 4) is 0 Å². The predicted octanol–water partition coefficient (Wildman–Crippen LogP) is 3.86. The van der Waals surface area contributed by atoms with Crippen LogP contribution in [0, 0.1) is 5.82 Å². The number of amides is 1. The predicted molar refractivity (Wildman–Crippen MR) is 94.3 cm³/mol. The van der Waals surface area contributed by atoms with Gasteiger partial charge in [0.1, 0.15) is 5.82 Å². The lowest BCUT2D eigenvalue weighted by atomic mass is 9.97. The number of halogens is 2. The van der Waals surface area contributed by atoms with Gasteiger partial charge >= 0.3 is 0 Å². The third-order valence-corrected chi connectivity index (χ3v) is 4.58. The van der Waals surface area contributed by atoms with Gasteiger partial charge in [0.05, 0.1) is 0 Å². The average Bonchev–Trinajstić information content (AvgIpc) is 2.89. The summed E-state index contributed by atoms with van der Waals surface area (Å²) >= 11 is 0. The van der Waals surface area contributed by atoms with E-state index in [0.29, 0.717) is 12.3 Å². The standard InChI is InChI=1S/C18H27FN2O.ClH/c1-14-12-16(15-7-9-17(19)10-8-15)13-21(14)18(22)6-4-2-3-5-11-20;/h7-10,14,16H,2-6,11-13,20H2,1H3;1H. The molecule has 1 heterocycles. The molecule has 1 saturated heterocycles. The van der Waals surface area contributed by atoms with Gasteiger partial charge < -0.3 is 10.6 Å². The van der Waals surface area contributed by atoms with Crippen LogP contribution in [0.15, 0.2) is 24.3 Å². The molecule has 1 aromatic carbocycles. The van der Waals surface area contributed by atoms with E-state index in [2.05, 4.69) is 6.92 Å². The molecule has 130 valence electrons. The van der Waals surface area contributed by atoms with Gasteiger partial charge in [-0.3, -0.25) is 4.79 Å². The molecule has 2 atom stereocenters. The lowest BCUT2D eigenvalue weighted by molar-refractivity contribution is -0.131. The summed E-state index contributed by atoms with van der Waals surface area (Å²) in [5.41, 5.74) is 6.60. The molecule has 1 amide bonds. The number of carbonyl (C=O) groups is 1. The van der Waals surface area contributed by atoms with Gasteiger partial charge in [-0.05, 0) is 50.4 Å². The molecule has 0 aliphatic carbocycles. The summed E-state index contributed by atoms with van der Waals surface area (Å²) < 4.78 is 13.0. The zero-order valence-electron chi connectivity index (χ0n) is 13.8. The van der Waals surface area contributed by atoms with E-state index in [-0.39, 0.29) is 30.2 Å². The molecule has 2 unspecified atom stereocenters. The van der Waals surface area contributed by atoms with Crippen molar-refractivity contribution < 1.29 is 9.18 Å². The zero-order valence-corrected chi connectivity index (χ0v) is 14.7. The number of nitrogens with two attached hydrogens (primary N) is 1. The fourth-order valence-corrected chi connectivity index (χ4v) is 3.27. The fraction of sp³-hybridized carbons (Fsp3) is 0.611. The van der Waals surface area contributed by atoms with Crippen molar-refractivity contribution in [3.05, 3.63) is 35.6 Å². The molecule has 3 nitrogen and oxygen atoms in total. The summed E-state index contributed by atoms with van der Waals surface area (Å²) in [5, 5.41) is 0. The Morgan fingerprint density at radius 2 is 1.87 bits per heavy atom. The van der Waals surface area contributed by atoms with E-state index in [1.807, 2.05) is 17.0 Å². The van der Waals surface area contributed by atoms with Crippen molar-refractivity contribution in [2.45, 2.75) is 57.4 Å². The van der Waals surface area contributed by atoms with Crippen LogP contribution in [0.2, 0.25) is 0 Å². The lowest BCUT2D eigenvalue weighted by Gasteiger charge is -2.21. The molecule has 5 heteroatoms. The zero-order chi connectivity index (χ0) is 15.9. The normalized spacial score (nSPS) is 20.4. The summed E-state index contributed by atoms with van der Waals surface area (Å²) in [6.45, 7) is 3.60. The SMILES string of the molecule is CC1CC(c2ccc(F)cc2)CN1C(=O)CCCCCCN.Cl. The number of hydrogen-bond acceptors (Lipinski definition) is 2. The maximum atomic E-state index is 13.0. The highest BCUT2D eigenvalue weighted by Crippen LogP contribution is 2.32. The van der Waals surface area contributed by atoms with E-state index in [1.165, 1.54) is 12.1 Å². The van der Waals surface area contributed by atoms with Crippen LogP contribution in [0.1, 0.15) is 56.9 Å². The number of likely N-dealkylation sites (tertiary alicyclic amines) is 1. The molecule has 1 fully saturated rings. The molecule has 1 aromatic rings. The summed E-state index contributed by atoms with van der Waals surface area (Å²) in [5.74, 6) is 0.377. The third kappa shape index (κ3) is 5.78. The molecular weight excluding hydrogens is 315 g/mol. The smallest absolute Gasteiger partial charge is 0.222 e. The molecule has 0 spiro atoms. The van der Waals surface area contributed by atoms with Gasteiger partial charge in [-0.15, -0.1) is 12.4 Å². The number of rotatable bonds is 7. The number of benzene rings is 1. The van der Waals surface area contributed by atoms with Crippen LogP contribution in [0.3, 0.4) is 0 Å². The van der Waals surface area contributed by atoms with Crippen LogP contribution >= 0.6 is 12.4 Å². The van der Waals surface area contributed by atoms with Crippen molar-refractivity contribution in [3.63, 3.8) is 0 Å². The van der Waals surface area contributed by atoms with Crippen molar-refractivity contribution in [1.82, 2.24) is 4.90 Å². The Kier molecular flexibility index (Phi) is 8.56. The van der Waals surface area contributed by atoms with Crippen LogP contribution in [-0.4, -0.2) is 29.9 Å². The molecule has 0 aromatic heterocycles. The molecule has 0 bridgehead atoms. The Balaban J connectivity index is 0.00000264. The van der Waals surface area contributed by atoms with E-state index < -0.39 is 0 Å². The minimum Gasteiger partial charge on any atom is -0.339 e. The first-order valence-electron chi connectivity index (χ1n) is 8.37. The second-order valence-corrected chi connectivity index (χ2v) is 6.33. The van der Waals surface area contributed by atoms with Gasteiger partial charge in [-0.25, -0.2) is 4.39 Å². The van der Waals surface area contributed by atoms with Crippen LogP contribution in [0.4, 0.5) is 4.39 Å². The molecule has 0 saturated carbocycles. The van der Waals surface area contributed by atoms with Gasteiger partial charge in [-0.2, -0.15) is 0 Å². The highest BCUT2D eigenvalue weighted by molar-refractivity contribution is 5.85. The number of nitrogens with zero attached hydrogens (tertiary/aromatic N) is 1. The molecule has 0 radical (unpaired) electrons. The molecule has 1 aliphatic heterocycles. The number of hydrogen-bond donors (Lipinski definition) is 1. The maximum absolute atomic E-state index is 13.0. The fourth-order valence-electron chi connectivity index (χ4n) is 3.27. The Labute approximate surface area is 144 Å². The second-order valence-electron chi connectivity index (χ2n) is 6.33. The molecule has 2 rings (SSSR count). The van der Waals surface area contributed by atoms with Gasteiger partial charge in [0.15, 0.2) is 0 Å². The third-order valence-electron chi connectivity index (χ3n) is 4.58. The summed E-state index contributed by atoms with van der Waals surface area (Å²) in [6, 6.07) is 6.96. The first-order valence-corrected chi connectivity index (χ1v) is 8.37. The first-order chi connectivity index (χ1) is 10.6. The topological polar surface area (TPSA) is 46.3 Å². The Morgan fingerprint density at radius 3 is 2.52 bits per heavy atom. The van der Waals surface area contributed by atoms with Crippen LogP contribution in [0.5, 0.6) is 0 Å². The molecule has 2 N–H and O–H groups in total. The minimum atomic E-state index is -0.208. The van der Waals surface area contributed by atoms with Gasteiger partial charge in [0, 0.05) is 24.9 Å². The summed E-state index contributed by atoms with van der Waals surface area (Å²) in [4.78, 5) is 14.4. The second kappa shape index (κ2) is 9.89. The van der Waals surface area contributed by atoms with Crippen LogP contribution in [-0.2, 0) is 4.79 Å². The Hall–Kier alpha value is -1.13. The van der Waals surface area contributed by atoms with Gasteiger partial charge in [0.2, 0.25) is 5.91 Å². The van der Waals surface area contributed by atoms with Crippen LogP contribution < -0.4 is 5.73 Å². The Bertz CT molecular complexity index is 480. The van der Waals surface area contributed by atoms with Crippen molar-refractivity contribution in [1.29, 1.82) is 0 Å². The minimum absolute atomic E-state index is 0. The van der Waals surface area contributed by atoms with E-state index in [9.17, 15) is 9.18 Å². The van der Waals surface area contributed by atoms with E-state index >= 15 is 0 Å². The Morgan fingerprint density at radius 1 is 1.22 bits per heavy atom. The van der Waals surface area contributed by atoms with Crippen molar-refractivity contribution in [2.24, 2.45) is 5.73 Å². The largest absolute Gasteiger partial charge is 0.339 e. The summed E-state index contributed by atoms with van der Waals surface area (Å²) in [6.07, 6.45) is 5.77. The van der Waals surface area contributed by atoms with E-state index in [4.69, 9.17) is 5.73 Å². The number of carbonyl (C=O) groups excluding carboxylic acids is 1. The van der Waals surface area contributed by atoms with E-state index in [1.54, 1.807) is 0 Å². The van der Waals surface area contributed by atoms with E-state index in [0.717, 1.165) is 50.8 Å².